The van der Waals surface area contributed by atoms with Crippen LogP contribution < -0.4 is 20.1 Å². The minimum atomic E-state index is -5.08. The van der Waals surface area contributed by atoms with Crippen LogP contribution in [0.5, 0.6) is 11.5 Å². The van der Waals surface area contributed by atoms with Crippen LogP contribution in [-0.2, 0) is 10.2 Å². The maximum Gasteiger partial charge on any atom is 0.490 e. The minimum absolute atomic E-state index is 0.0651. The van der Waals surface area contributed by atoms with Gasteiger partial charge in [-0.25, -0.2) is 9.59 Å². The summed E-state index contributed by atoms with van der Waals surface area (Å²) in [7, 11) is 5.54. The number of aliphatic carboxylic acids is 1. The highest BCUT2D eigenvalue weighted by Crippen LogP contribution is 2.49. The van der Waals surface area contributed by atoms with Gasteiger partial charge >= 0.3 is 18.2 Å². The molecule has 1 aliphatic carbocycles. The summed E-state index contributed by atoms with van der Waals surface area (Å²) in [6.07, 6.45) is -1.11. The first kappa shape index (κ1) is 32.0. The highest BCUT2D eigenvalue weighted by molar-refractivity contribution is 9.11. The number of urea groups is 1. The van der Waals surface area contributed by atoms with E-state index in [0.29, 0.717) is 6.04 Å². The van der Waals surface area contributed by atoms with Crippen LogP contribution in [0.15, 0.2) is 39.3 Å². The first-order valence-electron chi connectivity index (χ1n) is 12.5. The molecule has 0 unspecified atom stereocenters. The summed E-state index contributed by atoms with van der Waals surface area (Å²) >= 11 is 7.09. The molecule has 3 N–H and O–H groups in total. The molecule has 1 aliphatic heterocycles. The Kier molecular flexibility index (Phi) is 10.4. The van der Waals surface area contributed by atoms with Crippen LogP contribution in [0.4, 0.5) is 23.7 Å². The molecule has 220 valence electrons. The van der Waals surface area contributed by atoms with Crippen molar-refractivity contribution in [2.45, 2.75) is 56.3 Å². The number of halogens is 5. The molecule has 40 heavy (non-hydrogen) atoms. The van der Waals surface area contributed by atoms with Gasteiger partial charge in [-0.2, -0.15) is 13.2 Å². The van der Waals surface area contributed by atoms with E-state index in [0.717, 1.165) is 63.9 Å². The summed E-state index contributed by atoms with van der Waals surface area (Å²) < 4.78 is 44.7. The number of carbonyl (C=O) groups excluding carboxylic acids is 1. The summed E-state index contributed by atoms with van der Waals surface area (Å²) in [5.41, 5.74) is 3.22. The third-order valence-electron chi connectivity index (χ3n) is 7.60. The summed E-state index contributed by atoms with van der Waals surface area (Å²) in [6, 6.07) is 10.5. The monoisotopic (exact) mass is 693 g/mol. The largest absolute Gasteiger partial charge is 0.493 e. The number of rotatable bonds is 5. The number of carboxylic acid groups (broad SMARTS) is 1. The molecule has 2 aromatic carbocycles. The van der Waals surface area contributed by atoms with Crippen molar-refractivity contribution < 1.29 is 37.3 Å². The predicted molar refractivity (Wildman–Crippen MR) is 152 cm³/mol. The number of ether oxygens (including phenoxy) is 2. The molecule has 0 bridgehead atoms. The van der Waals surface area contributed by atoms with Crippen molar-refractivity contribution in [3.8, 4) is 11.5 Å². The quantitative estimate of drug-likeness (QED) is 0.331. The Balaban J connectivity index is 0.000000559. The number of anilines is 1. The average molecular weight is 695 g/mol. The fraction of sp³-hybridized carbons (Fsp3) is 0.481. The number of amides is 2. The number of carbonyl (C=O) groups is 2. The Bertz CT molecular complexity index is 1220. The predicted octanol–water partition coefficient (Wildman–Crippen LogP) is 6.49. The lowest BCUT2D eigenvalue weighted by Crippen LogP contribution is -2.52. The Morgan fingerprint density at radius 2 is 1.68 bits per heavy atom. The van der Waals surface area contributed by atoms with Crippen LogP contribution >= 0.6 is 31.9 Å². The lowest BCUT2D eigenvalue weighted by Gasteiger charge is -2.45. The summed E-state index contributed by atoms with van der Waals surface area (Å²) in [6.45, 7) is 3.06. The molecule has 2 amide bonds. The van der Waals surface area contributed by atoms with Crippen molar-refractivity contribution in [2.75, 3.05) is 33.1 Å². The third-order valence-corrected chi connectivity index (χ3v) is 9.25. The highest BCUT2D eigenvalue weighted by atomic mass is 79.9. The Labute approximate surface area is 247 Å². The van der Waals surface area contributed by atoms with Gasteiger partial charge in [0.15, 0.2) is 11.5 Å². The lowest BCUT2D eigenvalue weighted by atomic mass is 9.65. The van der Waals surface area contributed by atoms with E-state index in [2.05, 4.69) is 66.6 Å². The van der Waals surface area contributed by atoms with E-state index < -0.39 is 12.1 Å². The van der Waals surface area contributed by atoms with E-state index in [4.69, 9.17) is 19.4 Å². The van der Waals surface area contributed by atoms with Crippen LogP contribution in [0.25, 0.3) is 0 Å². The molecule has 2 aliphatic rings. The van der Waals surface area contributed by atoms with E-state index in [-0.39, 0.29) is 17.5 Å². The molecular formula is C27H32Br2F3N3O5. The van der Waals surface area contributed by atoms with Crippen LogP contribution in [0, 0.1) is 6.92 Å². The number of alkyl halides is 3. The molecule has 1 heterocycles. The van der Waals surface area contributed by atoms with Crippen molar-refractivity contribution >= 4 is 49.5 Å². The summed E-state index contributed by atoms with van der Waals surface area (Å²) in [5, 5.41) is 13.3. The fourth-order valence-corrected chi connectivity index (χ4v) is 6.65. The van der Waals surface area contributed by atoms with Gasteiger partial charge in [0.2, 0.25) is 0 Å². The number of nitrogens with zero attached hydrogens (tertiary/aromatic N) is 1. The van der Waals surface area contributed by atoms with Crippen molar-refractivity contribution in [1.29, 1.82) is 0 Å². The van der Waals surface area contributed by atoms with Gasteiger partial charge in [0.1, 0.15) is 0 Å². The molecule has 3 atom stereocenters. The number of hydrogen-bond donors (Lipinski definition) is 3. The zero-order valence-electron chi connectivity index (χ0n) is 22.5. The van der Waals surface area contributed by atoms with E-state index in [1.54, 1.807) is 14.2 Å². The third kappa shape index (κ3) is 7.22. The topological polar surface area (TPSA) is 100 Å². The second-order valence-corrected chi connectivity index (χ2v) is 11.6. The van der Waals surface area contributed by atoms with E-state index >= 15 is 0 Å². The highest BCUT2D eigenvalue weighted by Gasteiger charge is 2.50. The van der Waals surface area contributed by atoms with Gasteiger partial charge in [0.25, 0.3) is 0 Å². The minimum Gasteiger partial charge on any atom is -0.493 e. The van der Waals surface area contributed by atoms with Crippen LogP contribution in [0.1, 0.15) is 36.8 Å². The van der Waals surface area contributed by atoms with Gasteiger partial charge in [-0.15, -0.1) is 0 Å². The maximum atomic E-state index is 12.8. The zero-order chi connectivity index (χ0) is 29.8. The number of nitrogens with one attached hydrogen (secondary N) is 2. The Morgan fingerprint density at radius 1 is 1.07 bits per heavy atom. The molecule has 0 spiro atoms. The maximum absolute atomic E-state index is 12.8. The van der Waals surface area contributed by atoms with Crippen LogP contribution in [0.3, 0.4) is 0 Å². The van der Waals surface area contributed by atoms with Gasteiger partial charge in [-0.05, 0) is 81.6 Å². The Hall–Kier alpha value is -2.51. The number of likely N-dealkylation sites (tertiary alicyclic amines) is 1. The van der Waals surface area contributed by atoms with Gasteiger partial charge in [0, 0.05) is 32.1 Å². The lowest BCUT2D eigenvalue weighted by molar-refractivity contribution is -0.192. The standard InChI is InChI=1S/C25H31Br2N3O3.C2HF3O2/c1-15-19(26)12-18(13-20(15)27)29-24(31)28-17-7-8-25(9-10-30(2)23(25)14-17)16-5-6-21(32-3)22(11-16)33-4;3-2(4,5)1(6)7/h5-6,11-13,17,23H,7-10,14H2,1-4H3,(H2,28,29,31);(H,6,7)/t17-,23+,25+;/m1./s1. The molecule has 0 radical (unpaired) electrons. The van der Waals surface area contributed by atoms with E-state index in [9.17, 15) is 18.0 Å². The smallest absolute Gasteiger partial charge is 0.490 e. The molecule has 8 nitrogen and oxygen atoms in total. The van der Waals surface area contributed by atoms with E-state index in [1.165, 1.54) is 5.56 Å². The number of carboxylic acids is 1. The zero-order valence-corrected chi connectivity index (χ0v) is 25.7. The number of fused-ring (bicyclic) bond motifs is 1. The first-order valence-corrected chi connectivity index (χ1v) is 14.1. The molecule has 2 aromatic rings. The molecule has 1 saturated heterocycles. The molecule has 13 heteroatoms. The molecular weight excluding hydrogens is 663 g/mol. The summed E-state index contributed by atoms with van der Waals surface area (Å²) in [5.74, 6) is -1.23. The molecule has 1 saturated carbocycles. The van der Waals surface area contributed by atoms with Gasteiger partial charge in [-0.1, -0.05) is 37.9 Å². The van der Waals surface area contributed by atoms with E-state index in [1.807, 2.05) is 25.1 Å². The molecule has 0 aromatic heterocycles. The van der Waals surface area contributed by atoms with Crippen LogP contribution in [-0.4, -0.2) is 68.1 Å². The fourth-order valence-electron chi connectivity index (χ4n) is 5.46. The first-order chi connectivity index (χ1) is 18.7. The second-order valence-electron chi connectivity index (χ2n) is 9.91. The van der Waals surface area contributed by atoms with Gasteiger partial charge < -0.3 is 30.1 Å². The van der Waals surface area contributed by atoms with Crippen LogP contribution in [0.2, 0.25) is 0 Å². The average Bonchev–Trinajstić information content (AvgIpc) is 3.23. The number of likely N-dealkylation sites (N-methyl/N-ethyl adjacent to an activating group) is 1. The molecule has 2 fully saturated rings. The van der Waals surface area contributed by atoms with Crippen molar-refractivity contribution in [1.82, 2.24) is 10.2 Å². The Morgan fingerprint density at radius 3 is 2.23 bits per heavy atom. The van der Waals surface area contributed by atoms with Crippen molar-refractivity contribution in [3.63, 3.8) is 0 Å². The molecule has 4 rings (SSSR count). The normalized spacial score (nSPS) is 22.4. The van der Waals surface area contributed by atoms with Gasteiger partial charge in [-0.3, -0.25) is 0 Å². The number of benzene rings is 2. The second kappa shape index (κ2) is 13.0. The van der Waals surface area contributed by atoms with Crippen molar-refractivity contribution in [3.05, 3.63) is 50.4 Å². The van der Waals surface area contributed by atoms with Gasteiger partial charge in [0.05, 0.1) is 14.2 Å². The van der Waals surface area contributed by atoms with Crippen molar-refractivity contribution in [2.24, 2.45) is 0 Å². The summed E-state index contributed by atoms with van der Waals surface area (Å²) in [4.78, 5) is 24.1. The SMILES string of the molecule is COc1ccc([C@@]23CC[C@@H](NC(=O)Nc4cc(Br)c(C)c(Br)c4)C[C@@H]2N(C)CC3)cc1OC.O=C(O)C(F)(F)F. The number of hydrogen-bond acceptors (Lipinski definition) is 5. The number of methoxy groups -OCH3 is 2.